The predicted octanol–water partition coefficient (Wildman–Crippen LogP) is -0.0372. The minimum atomic E-state index is 0. The van der Waals surface area contributed by atoms with Crippen molar-refractivity contribution in [3.05, 3.63) is 30.1 Å². The van der Waals surface area contributed by atoms with Gasteiger partial charge < -0.3 is 11.2 Å². The molecule has 62 valence electrons. The lowest BCUT2D eigenvalue weighted by molar-refractivity contribution is 0.824. The van der Waals surface area contributed by atoms with E-state index in [4.69, 9.17) is 11.1 Å². The van der Waals surface area contributed by atoms with Crippen LogP contribution in [0.5, 0.6) is 0 Å². The van der Waals surface area contributed by atoms with E-state index in [1.54, 1.807) is 24.5 Å². The Kier molecular flexibility index (Phi) is 6.43. The third-order valence-corrected chi connectivity index (χ3v) is 0.973. The van der Waals surface area contributed by atoms with Gasteiger partial charge in [-0.25, -0.2) is 0 Å². The van der Waals surface area contributed by atoms with Crippen molar-refractivity contribution in [1.29, 1.82) is 5.41 Å². The highest BCUT2D eigenvalue weighted by Crippen LogP contribution is 1.91. The monoisotopic (exact) mass is 175 g/mol. The Labute approximate surface area is 70.7 Å². The molecule has 0 aromatic carbocycles. The van der Waals surface area contributed by atoms with E-state index in [0.717, 1.165) is 0 Å². The van der Waals surface area contributed by atoms with Gasteiger partial charge >= 0.3 is 0 Å². The Morgan fingerprint density at radius 3 is 2.45 bits per heavy atom. The molecule has 1 rings (SSSR count). The summed E-state index contributed by atoms with van der Waals surface area (Å²) in [6.45, 7) is 0. The summed E-state index contributed by atoms with van der Waals surface area (Å²) < 4.78 is 0. The lowest BCUT2D eigenvalue weighted by Crippen LogP contribution is -2.10. The fourth-order valence-electron chi connectivity index (χ4n) is 0.522. The van der Waals surface area contributed by atoms with Crippen molar-refractivity contribution >= 4 is 18.2 Å². The molecule has 1 heterocycles. The van der Waals surface area contributed by atoms with E-state index < -0.39 is 0 Å². The Bertz CT molecular complexity index is 214. The number of nitrogens with one attached hydrogen (secondary N) is 1. The van der Waals surface area contributed by atoms with Gasteiger partial charge in [0.1, 0.15) is 5.84 Å². The second-order valence-electron chi connectivity index (χ2n) is 1.66. The molecule has 0 fully saturated rings. The van der Waals surface area contributed by atoms with Crippen molar-refractivity contribution in [3.63, 3.8) is 0 Å². The molecule has 1 aromatic heterocycles. The molecule has 0 aliphatic carbocycles. The highest BCUT2D eigenvalue weighted by Gasteiger charge is 1.90. The Morgan fingerprint density at radius 1 is 1.55 bits per heavy atom. The highest BCUT2D eigenvalue weighted by molar-refractivity contribution is 5.94. The van der Waals surface area contributed by atoms with E-state index >= 15 is 0 Å². The van der Waals surface area contributed by atoms with Gasteiger partial charge in [0.25, 0.3) is 0 Å². The Morgan fingerprint density at radius 2 is 2.18 bits per heavy atom. The third kappa shape index (κ3) is 3.54. The van der Waals surface area contributed by atoms with Crippen LogP contribution in [0.1, 0.15) is 5.56 Å². The molecule has 5 heteroatoms. The van der Waals surface area contributed by atoms with Crippen LogP contribution in [0, 0.1) is 5.41 Å². The SMILES string of the molecule is Cl.N=C(N)c1cccnc1.O. The summed E-state index contributed by atoms with van der Waals surface area (Å²) in [5, 5.41) is 6.97. The average Bonchev–Trinajstić information content (AvgIpc) is 1.90. The molecule has 5 N–H and O–H groups in total. The second kappa shape index (κ2) is 5.64. The lowest BCUT2D eigenvalue weighted by atomic mass is 10.3. The molecule has 1 aromatic rings. The molecule has 11 heavy (non-hydrogen) atoms. The van der Waals surface area contributed by atoms with Gasteiger partial charge in [0.15, 0.2) is 0 Å². The van der Waals surface area contributed by atoms with Gasteiger partial charge in [0.05, 0.1) is 0 Å². The van der Waals surface area contributed by atoms with Crippen molar-refractivity contribution in [3.8, 4) is 0 Å². The number of hydrogen-bond acceptors (Lipinski definition) is 2. The molecule has 0 unspecified atom stereocenters. The molecule has 0 atom stereocenters. The number of nitrogen functional groups attached to an aromatic ring is 1. The van der Waals surface area contributed by atoms with Crippen LogP contribution in [-0.4, -0.2) is 16.3 Å². The van der Waals surface area contributed by atoms with Gasteiger partial charge in [-0.15, -0.1) is 12.4 Å². The second-order valence-corrected chi connectivity index (χ2v) is 1.66. The zero-order valence-corrected chi connectivity index (χ0v) is 6.56. The van der Waals surface area contributed by atoms with E-state index in [0.29, 0.717) is 5.56 Å². The number of pyridine rings is 1. The normalized spacial score (nSPS) is 7.27. The van der Waals surface area contributed by atoms with Gasteiger partial charge in [0, 0.05) is 18.0 Å². The molecule has 0 saturated carbocycles. The molecule has 0 aliphatic rings. The van der Waals surface area contributed by atoms with E-state index in [1.807, 2.05) is 0 Å². The maximum Gasteiger partial charge on any atom is 0.124 e. The number of nitrogens with zero attached hydrogens (tertiary/aromatic N) is 1. The van der Waals surface area contributed by atoms with Crippen LogP contribution in [0.3, 0.4) is 0 Å². The molecule has 0 amide bonds. The van der Waals surface area contributed by atoms with E-state index in [2.05, 4.69) is 4.98 Å². The topological polar surface area (TPSA) is 94.3 Å². The molecule has 0 spiro atoms. The zero-order chi connectivity index (χ0) is 6.69. The Balaban J connectivity index is 0. The van der Waals surface area contributed by atoms with Crippen LogP contribution >= 0.6 is 12.4 Å². The summed E-state index contributed by atoms with van der Waals surface area (Å²) >= 11 is 0. The minimum Gasteiger partial charge on any atom is -0.412 e. The van der Waals surface area contributed by atoms with E-state index in [1.165, 1.54) is 0 Å². The first-order valence-electron chi connectivity index (χ1n) is 2.55. The van der Waals surface area contributed by atoms with Crippen LogP contribution in [0.15, 0.2) is 24.5 Å². The van der Waals surface area contributed by atoms with Crippen molar-refractivity contribution in [2.45, 2.75) is 0 Å². The van der Waals surface area contributed by atoms with Gasteiger partial charge in [0.2, 0.25) is 0 Å². The summed E-state index contributed by atoms with van der Waals surface area (Å²) in [4.78, 5) is 3.79. The van der Waals surface area contributed by atoms with Crippen LogP contribution in [0.25, 0.3) is 0 Å². The minimum absolute atomic E-state index is 0. The fraction of sp³-hybridized carbons (Fsp3) is 0. The lowest BCUT2D eigenvalue weighted by Gasteiger charge is -1.92. The maximum absolute atomic E-state index is 6.97. The molecule has 4 nitrogen and oxygen atoms in total. The van der Waals surface area contributed by atoms with Crippen molar-refractivity contribution in [2.75, 3.05) is 0 Å². The van der Waals surface area contributed by atoms with Crippen LogP contribution in [-0.2, 0) is 0 Å². The molecular weight excluding hydrogens is 166 g/mol. The van der Waals surface area contributed by atoms with E-state index in [9.17, 15) is 0 Å². The predicted molar refractivity (Wildman–Crippen MR) is 46.1 cm³/mol. The third-order valence-electron chi connectivity index (χ3n) is 0.973. The largest absolute Gasteiger partial charge is 0.412 e. The maximum atomic E-state index is 6.97. The quantitative estimate of drug-likeness (QED) is 0.463. The first-order valence-corrected chi connectivity index (χ1v) is 2.55. The number of aromatic nitrogens is 1. The first kappa shape index (κ1) is 12.5. The molecule has 0 aliphatic heterocycles. The molecule has 0 bridgehead atoms. The van der Waals surface area contributed by atoms with Crippen molar-refractivity contribution in [2.24, 2.45) is 5.73 Å². The van der Waals surface area contributed by atoms with Crippen LogP contribution < -0.4 is 5.73 Å². The molecule has 0 radical (unpaired) electrons. The smallest absolute Gasteiger partial charge is 0.124 e. The number of nitrogens with two attached hydrogens (primary N) is 1. The van der Waals surface area contributed by atoms with Gasteiger partial charge in [-0.3, -0.25) is 10.4 Å². The first-order chi connectivity index (χ1) is 4.30. The number of hydrogen-bond donors (Lipinski definition) is 2. The highest BCUT2D eigenvalue weighted by atomic mass is 35.5. The summed E-state index contributed by atoms with van der Waals surface area (Å²) in [5.41, 5.74) is 5.82. The van der Waals surface area contributed by atoms with Crippen LogP contribution in [0.4, 0.5) is 0 Å². The number of halogens is 1. The molecule has 0 saturated heterocycles. The summed E-state index contributed by atoms with van der Waals surface area (Å²) in [5.74, 6) is 0.0584. The standard InChI is InChI=1S/C6H7N3.ClH.H2O/c7-6(8)5-2-1-3-9-4-5;;/h1-4H,(H3,7,8);1H;1H2. The van der Waals surface area contributed by atoms with Crippen LogP contribution in [0.2, 0.25) is 0 Å². The summed E-state index contributed by atoms with van der Waals surface area (Å²) in [7, 11) is 0. The molecular formula is C6H10ClN3O. The van der Waals surface area contributed by atoms with Gasteiger partial charge in [-0.2, -0.15) is 0 Å². The zero-order valence-electron chi connectivity index (χ0n) is 5.74. The Hall–Kier alpha value is -1.13. The average molecular weight is 176 g/mol. The number of rotatable bonds is 1. The van der Waals surface area contributed by atoms with Crippen molar-refractivity contribution < 1.29 is 5.48 Å². The van der Waals surface area contributed by atoms with E-state index in [-0.39, 0.29) is 23.7 Å². The fourth-order valence-corrected chi connectivity index (χ4v) is 0.522. The van der Waals surface area contributed by atoms with Gasteiger partial charge in [-0.05, 0) is 12.1 Å². The van der Waals surface area contributed by atoms with Gasteiger partial charge in [-0.1, -0.05) is 0 Å². The number of amidine groups is 1. The summed E-state index contributed by atoms with van der Waals surface area (Å²) in [6, 6.07) is 3.49. The summed E-state index contributed by atoms with van der Waals surface area (Å²) in [6.07, 6.45) is 3.20. The van der Waals surface area contributed by atoms with Crippen molar-refractivity contribution in [1.82, 2.24) is 4.98 Å².